The average molecular weight is 439 g/mol. The lowest BCUT2D eigenvalue weighted by Gasteiger charge is -2.15. The Hall–Kier alpha value is -0.530. The molecule has 100 valence electrons. The second-order valence-corrected chi connectivity index (χ2v) is 6.29. The van der Waals surface area contributed by atoms with E-state index in [0.29, 0.717) is 10.0 Å². The summed E-state index contributed by atoms with van der Waals surface area (Å²) >= 11 is 5.40. The molecule has 0 spiro atoms. The van der Waals surface area contributed by atoms with Crippen LogP contribution in [0.2, 0.25) is 0 Å². The summed E-state index contributed by atoms with van der Waals surface area (Å²) in [6.07, 6.45) is -1.21. The van der Waals surface area contributed by atoms with Crippen LogP contribution in [-0.2, 0) is 0 Å². The summed E-state index contributed by atoms with van der Waals surface area (Å²) in [4.78, 5) is 0. The van der Waals surface area contributed by atoms with Crippen molar-refractivity contribution in [2.45, 2.75) is 13.0 Å². The van der Waals surface area contributed by atoms with E-state index in [1.54, 1.807) is 12.1 Å². The molecule has 0 aliphatic heterocycles. The topological polar surface area (TPSA) is 20.2 Å². The number of hydrogen-bond donors (Lipinski definition) is 1. The van der Waals surface area contributed by atoms with E-state index in [4.69, 9.17) is 0 Å². The molecule has 0 aliphatic rings. The highest BCUT2D eigenvalue weighted by atomic mass is 127. The number of aliphatic hydroxyl groups excluding tert-OH is 1. The van der Waals surface area contributed by atoms with Gasteiger partial charge in [-0.15, -0.1) is 0 Å². The van der Waals surface area contributed by atoms with Crippen LogP contribution in [0.25, 0.3) is 0 Å². The van der Waals surface area contributed by atoms with Gasteiger partial charge in [0.25, 0.3) is 0 Å². The van der Waals surface area contributed by atoms with Gasteiger partial charge in [0.1, 0.15) is 17.7 Å². The number of aryl methyl sites for hydroxylation is 1. The normalized spacial score (nSPS) is 12.5. The summed E-state index contributed by atoms with van der Waals surface area (Å²) in [7, 11) is 0. The van der Waals surface area contributed by atoms with Crippen molar-refractivity contribution >= 4 is 38.5 Å². The molecule has 2 aromatic rings. The lowest BCUT2D eigenvalue weighted by molar-refractivity contribution is 0.213. The Bertz CT molecular complexity index is 631. The lowest BCUT2D eigenvalue weighted by atomic mass is 9.99. The van der Waals surface area contributed by atoms with Gasteiger partial charge >= 0.3 is 0 Å². The number of benzene rings is 2. The van der Waals surface area contributed by atoms with Gasteiger partial charge in [0.15, 0.2) is 0 Å². The predicted octanol–water partition coefficient (Wildman–Crippen LogP) is 4.72. The molecule has 0 heterocycles. The van der Waals surface area contributed by atoms with E-state index in [1.807, 2.05) is 6.07 Å². The minimum absolute atomic E-state index is 0.0641. The third kappa shape index (κ3) is 3.14. The quantitative estimate of drug-likeness (QED) is 0.672. The maximum absolute atomic E-state index is 13.9. The first-order valence-electron chi connectivity index (χ1n) is 5.48. The smallest absolute Gasteiger partial charge is 0.129 e. The van der Waals surface area contributed by atoms with Gasteiger partial charge in [-0.25, -0.2) is 8.78 Å². The van der Waals surface area contributed by atoms with Gasteiger partial charge in [-0.05, 0) is 65.4 Å². The third-order valence-corrected chi connectivity index (χ3v) is 4.22. The van der Waals surface area contributed by atoms with Crippen molar-refractivity contribution in [3.05, 3.63) is 66.7 Å². The summed E-state index contributed by atoms with van der Waals surface area (Å²) in [5.41, 5.74) is 0.662. The zero-order valence-corrected chi connectivity index (χ0v) is 13.7. The van der Waals surface area contributed by atoms with E-state index in [2.05, 4.69) is 38.5 Å². The van der Waals surface area contributed by atoms with E-state index in [9.17, 15) is 13.9 Å². The van der Waals surface area contributed by atoms with E-state index in [1.165, 1.54) is 6.92 Å². The Morgan fingerprint density at radius 2 is 1.79 bits per heavy atom. The molecule has 0 aromatic heterocycles. The molecule has 2 rings (SSSR count). The summed E-state index contributed by atoms with van der Waals surface area (Å²) in [5, 5.41) is 10.3. The Morgan fingerprint density at radius 3 is 2.47 bits per heavy atom. The molecule has 0 aliphatic carbocycles. The molecule has 5 heteroatoms. The molecular formula is C14H10BrF2IO. The molecule has 0 fully saturated rings. The van der Waals surface area contributed by atoms with Crippen LogP contribution in [-0.4, -0.2) is 5.11 Å². The van der Waals surface area contributed by atoms with E-state index >= 15 is 0 Å². The molecule has 0 radical (unpaired) electrons. The van der Waals surface area contributed by atoms with Crippen molar-refractivity contribution in [2.24, 2.45) is 0 Å². The van der Waals surface area contributed by atoms with Gasteiger partial charge in [-0.1, -0.05) is 15.9 Å². The number of hydrogen-bond acceptors (Lipinski definition) is 1. The molecule has 0 bridgehead atoms. The van der Waals surface area contributed by atoms with Crippen LogP contribution in [0.3, 0.4) is 0 Å². The molecule has 1 atom stereocenters. The third-order valence-electron chi connectivity index (χ3n) is 2.83. The average Bonchev–Trinajstić information content (AvgIpc) is 2.36. The second-order valence-electron chi connectivity index (χ2n) is 4.19. The zero-order chi connectivity index (χ0) is 14.2. The summed E-state index contributed by atoms with van der Waals surface area (Å²) in [5.74, 6) is -1.14. The highest BCUT2D eigenvalue weighted by Crippen LogP contribution is 2.32. The summed E-state index contributed by atoms with van der Waals surface area (Å²) < 4.78 is 28.9. The van der Waals surface area contributed by atoms with Crippen LogP contribution in [0.1, 0.15) is 22.8 Å². The fourth-order valence-corrected chi connectivity index (χ4v) is 2.74. The van der Waals surface area contributed by atoms with Crippen molar-refractivity contribution in [3.8, 4) is 0 Å². The van der Waals surface area contributed by atoms with E-state index < -0.39 is 17.7 Å². The first kappa shape index (κ1) is 14.9. The Labute approximate surface area is 131 Å². The van der Waals surface area contributed by atoms with Crippen LogP contribution < -0.4 is 0 Å². The first-order chi connectivity index (χ1) is 8.90. The zero-order valence-electron chi connectivity index (χ0n) is 9.92. The molecule has 0 amide bonds. The summed E-state index contributed by atoms with van der Waals surface area (Å²) in [6.45, 7) is 1.48. The number of rotatable bonds is 2. The SMILES string of the molecule is Cc1cc(F)c(C(O)c2cc(I)ccc2Br)cc1F. The number of halogens is 4. The van der Waals surface area contributed by atoms with Crippen LogP contribution in [0, 0.1) is 22.1 Å². The van der Waals surface area contributed by atoms with Gasteiger partial charge in [0, 0.05) is 19.2 Å². The summed E-state index contributed by atoms with van der Waals surface area (Å²) in [6, 6.07) is 7.49. The Balaban J connectivity index is 2.52. The van der Waals surface area contributed by atoms with E-state index in [-0.39, 0.29) is 11.1 Å². The van der Waals surface area contributed by atoms with Crippen LogP contribution in [0.5, 0.6) is 0 Å². The number of aliphatic hydroxyl groups is 1. The Morgan fingerprint density at radius 1 is 1.11 bits per heavy atom. The minimum Gasteiger partial charge on any atom is -0.384 e. The molecule has 0 saturated carbocycles. The maximum atomic E-state index is 13.9. The van der Waals surface area contributed by atoms with E-state index in [0.717, 1.165) is 15.7 Å². The van der Waals surface area contributed by atoms with Crippen LogP contribution in [0.4, 0.5) is 8.78 Å². The van der Waals surface area contributed by atoms with Gasteiger partial charge < -0.3 is 5.11 Å². The van der Waals surface area contributed by atoms with Crippen molar-refractivity contribution in [1.82, 2.24) is 0 Å². The van der Waals surface area contributed by atoms with Crippen molar-refractivity contribution in [2.75, 3.05) is 0 Å². The van der Waals surface area contributed by atoms with Gasteiger partial charge in [0.2, 0.25) is 0 Å². The van der Waals surface area contributed by atoms with Crippen molar-refractivity contribution in [3.63, 3.8) is 0 Å². The van der Waals surface area contributed by atoms with Gasteiger partial charge in [-0.2, -0.15) is 0 Å². The Kier molecular flexibility index (Phi) is 4.58. The lowest BCUT2D eigenvalue weighted by Crippen LogP contribution is -2.05. The highest BCUT2D eigenvalue weighted by Gasteiger charge is 2.19. The van der Waals surface area contributed by atoms with Crippen LogP contribution >= 0.6 is 38.5 Å². The predicted molar refractivity (Wildman–Crippen MR) is 82.0 cm³/mol. The fraction of sp³-hybridized carbons (Fsp3) is 0.143. The molecule has 0 saturated heterocycles. The molecule has 1 unspecified atom stereocenters. The molecule has 19 heavy (non-hydrogen) atoms. The maximum Gasteiger partial charge on any atom is 0.129 e. The standard InChI is InChI=1S/C14H10BrF2IO/c1-7-4-13(17)10(6-12(7)16)14(19)9-5-8(18)2-3-11(9)15/h2-6,14,19H,1H3. The molecule has 2 aromatic carbocycles. The largest absolute Gasteiger partial charge is 0.384 e. The molecule has 1 N–H and O–H groups in total. The first-order valence-corrected chi connectivity index (χ1v) is 7.36. The molecular weight excluding hydrogens is 429 g/mol. The molecule has 1 nitrogen and oxygen atoms in total. The van der Waals surface area contributed by atoms with Crippen molar-refractivity contribution < 1.29 is 13.9 Å². The van der Waals surface area contributed by atoms with Gasteiger partial charge in [0.05, 0.1) is 0 Å². The van der Waals surface area contributed by atoms with Crippen LogP contribution in [0.15, 0.2) is 34.8 Å². The fourth-order valence-electron chi connectivity index (χ4n) is 1.76. The minimum atomic E-state index is -1.21. The monoisotopic (exact) mass is 438 g/mol. The highest BCUT2D eigenvalue weighted by molar-refractivity contribution is 14.1. The second kappa shape index (κ2) is 5.85. The van der Waals surface area contributed by atoms with Crippen molar-refractivity contribution in [1.29, 1.82) is 0 Å². The van der Waals surface area contributed by atoms with Gasteiger partial charge in [-0.3, -0.25) is 0 Å².